The van der Waals surface area contributed by atoms with Crippen molar-refractivity contribution in [1.29, 1.82) is 0 Å². The van der Waals surface area contributed by atoms with E-state index in [2.05, 4.69) is 33.3 Å². The highest BCUT2D eigenvalue weighted by atomic mass is 32.1. The highest BCUT2D eigenvalue weighted by Crippen LogP contribution is 2.61. The lowest BCUT2D eigenvalue weighted by Gasteiger charge is -2.59. The summed E-state index contributed by atoms with van der Waals surface area (Å²) in [6, 6.07) is 0.171. The molecule has 2 aliphatic heterocycles. The van der Waals surface area contributed by atoms with Gasteiger partial charge in [0, 0.05) is 17.8 Å². The molecule has 32 heavy (non-hydrogen) atoms. The maximum Gasteiger partial charge on any atom is 0.309 e. The SMILES string of the molecule is CC1C=C(N2CCC(C(=O)OCCC3(S)C4CC5CC(C4)CC3C5)CC2)Nc2ncnn21. The van der Waals surface area contributed by atoms with Gasteiger partial charge in [0.25, 0.3) is 0 Å². The van der Waals surface area contributed by atoms with E-state index in [-0.39, 0.29) is 22.7 Å². The minimum atomic E-state index is -0.0101. The summed E-state index contributed by atoms with van der Waals surface area (Å²) in [7, 11) is 0. The summed E-state index contributed by atoms with van der Waals surface area (Å²) in [6.07, 6.45) is 13.2. The molecule has 7 rings (SSSR count). The second-order valence-corrected chi connectivity index (χ2v) is 11.8. The molecule has 8 heteroatoms. The Labute approximate surface area is 195 Å². The van der Waals surface area contributed by atoms with Crippen molar-refractivity contribution in [1.82, 2.24) is 19.7 Å². The second-order valence-electron chi connectivity index (χ2n) is 10.9. The Morgan fingerprint density at radius 2 is 1.88 bits per heavy atom. The van der Waals surface area contributed by atoms with E-state index in [0.717, 1.165) is 67.8 Å². The van der Waals surface area contributed by atoms with Gasteiger partial charge in [0.1, 0.15) is 12.1 Å². The third-order valence-electron chi connectivity index (χ3n) is 9.07. The zero-order chi connectivity index (χ0) is 21.9. The Kier molecular flexibility index (Phi) is 5.19. The molecule has 1 N–H and O–H groups in total. The number of hydrogen-bond acceptors (Lipinski definition) is 7. The molecule has 0 spiro atoms. The van der Waals surface area contributed by atoms with Gasteiger partial charge in [-0.15, -0.1) is 0 Å². The minimum Gasteiger partial charge on any atom is -0.465 e. The van der Waals surface area contributed by atoms with E-state index in [0.29, 0.717) is 6.61 Å². The molecule has 0 aromatic carbocycles. The number of hydrogen-bond donors (Lipinski definition) is 2. The van der Waals surface area contributed by atoms with Crippen LogP contribution in [0.3, 0.4) is 0 Å². The lowest BCUT2D eigenvalue weighted by atomic mass is 9.51. The van der Waals surface area contributed by atoms with Gasteiger partial charge in [0.15, 0.2) is 0 Å². The lowest BCUT2D eigenvalue weighted by molar-refractivity contribution is -0.151. The van der Waals surface area contributed by atoms with Gasteiger partial charge in [0.2, 0.25) is 5.95 Å². The quantitative estimate of drug-likeness (QED) is 0.517. The van der Waals surface area contributed by atoms with E-state index in [1.807, 2.05) is 4.68 Å². The fourth-order valence-electron chi connectivity index (χ4n) is 7.47. The molecule has 4 aliphatic carbocycles. The smallest absolute Gasteiger partial charge is 0.309 e. The summed E-state index contributed by atoms with van der Waals surface area (Å²) in [5, 5.41) is 7.63. The number of fused-ring (bicyclic) bond motifs is 1. The summed E-state index contributed by atoms with van der Waals surface area (Å²) in [6.45, 7) is 4.34. The number of nitrogens with zero attached hydrogens (tertiary/aromatic N) is 4. The molecule has 1 unspecified atom stereocenters. The van der Waals surface area contributed by atoms with Crippen LogP contribution in [-0.4, -0.2) is 50.1 Å². The van der Waals surface area contributed by atoms with Crippen LogP contribution in [0, 0.1) is 29.6 Å². The van der Waals surface area contributed by atoms with Crippen LogP contribution in [0.15, 0.2) is 18.2 Å². The number of allylic oxidation sites excluding steroid dienone is 1. The molecular weight excluding hydrogens is 422 g/mol. The lowest BCUT2D eigenvalue weighted by Crippen LogP contribution is -2.55. The summed E-state index contributed by atoms with van der Waals surface area (Å²) >= 11 is 5.23. The topological polar surface area (TPSA) is 72.3 Å². The molecule has 4 saturated carbocycles. The standard InChI is InChI=1S/C24H35N5O2S/c1-15-8-21(27-23-25-14-26-29(15)23)28-5-2-18(3-6-28)22(30)31-7-4-24(32)19-10-16-9-17(12-19)13-20(24)11-16/h8,14-20,32H,2-7,9-13H2,1H3,(H,25,26,27). The summed E-state index contributed by atoms with van der Waals surface area (Å²) in [5.74, 6) is 5.19. The average molecular weight is 458 g/mol. The number of piperidine rings is 1. The molecule has 0 radical (unpaired) electrons. The largest absolute Gasteiger partial charge is 0.465 e. The van der Waals surface area contributed by atoms with Crippen molar-refractivity contribution in [2.45, 2.75) is 69.1 Å². The first-order chi connectivity index (χ1) is 15.5. The van der Waals surface area contributed by atoms with Crippen molar-refractivity contribution < 1.29 is 9.53 Å². The Bertz CT molecular complexity index is 878. The molecule has 174 valence electrons. The number of carbonyl (C=O) groups excluding carboxylic acids is 1. The molecule has 3 heterocycles. The highest BCUT2D eigenvalue weighted by molar-refractivity contribution is 7.81. The van der Waals surface area contributed by atoms with Crippen LogP contribution >= 0.6 is 12.6 Å². The zero-order valence-corrected chi connectivity index (χ0v) is 19.8. The van der Waals surface area contributed by atoms with Gasteiger partial charge >= 0.3 is 5.97 Å². The first-order valence-corrected chi connectivity index (χ1v) is 13.0. The molecule has 7 nitrogen and oxygen atoms in total. The van der Waals surface area contributed by atoms with Crippen LogP contribution in [0.1, 0.15) is 64.3 Å². The van der Waals surface area contributed by atoms with Crippen molar-refractivity contribution >= 4 is 24.5 Å². The Balaban J connectivity index is 0.986. The fraction of sp³-hybridized carbons (Fsp3) is 0.792. The van der Waals surface area contributed by atoms with Gasteiger partial charge in [-0.05, 0) is 88.0 Å². The highest BCUT2D eigenvalue weighted by Gasteiger charge is 2.55. The van der Waals surface area contributed by atoms with E-state index < -0.39 is 0 Å². The van der Waals surface area contributed by atoms with Crippen LogP contribution < -0.4 is 5.32 Å². The maximum atomic E-state index is 12.8. The number of anilines is 1. The Hall–Kier alpha value is -1.70. The average Bonchev–Trinajstić information content (AvgIpc) is 3.27. The maximum absolute atomic E-state index is 12.8. The van der Waals surface area contributed by atoms with Crippen molar-refractivity contribution in [3.05, 3.63) is 18.2 Å². The van der Waals surface area contributed by atoms with Gasteiger partial charge in [-0.1, -0.05) is 0 Å². The van der Waals surface area contributed by atoms with E-state index in [4.69, 9.17) is 17.4 Å². The van der Waals surface area contributed by atoms with Gasteiger partial charge in [-0.3, -0.25) is 4.79 Å². The van der Waals surface area contributed by atoms with Gasteiger partial charge in [-0.25, -0.2) is 4.68 Å². The monoisotopic (exact) mass is 457 g/mol. The van der Waals surface area contributed by atoms with Crippen LogP contribution in [0.4, 0.5) is 5.95 Å². The molecule has 5 fully saturated rings. The van der Waals surface area contributed by atoms with Crippen molar-refractivity contribution in [3.8, 4) is 0 Å². The molecule has 6 aliphatic rings. The second kappa shape index (κ2) is 7.96. The molecule has 1 aromatic rings. The van der Waals surface area contributed by atoms with Crippen molar-refractivity contribution in [3.63, 3.8) is 0 Å². The van der Waals surface area contributed by atoms with Gasteiger partial charge in [-0.2, -0.15) is 22.7 Å². The molecule has 1 atom stereocenters. The molecule has 1 saturated heterocycles. The third-order valence-corrected chi connectivity index (χ3v) is 10.0. The first-order valence-electron chi connectivity index (χ1n) is 12.5. The number of thiol groups is 1. The fourth-order valence-corrected chi connectivity index (χ4v) is 7.99. The van der Waals surface area contributed by atoms with Crippen LogP contribution in [-0.2, 0) is 9.53 Å². The predicted molar refractivity (Wildman–Crippen MR) is 125 cm³/mol. The molecule has 0 amide bonds. The summed E-state index contributed by atoms with van der Waals surface area (Å²) in [5.41, 5.74) is 0. The first kappa shape index (κ1) is 20.9. The number of rotatable bonds is 5. The number of carbonyl (C=O) groups is 1. The van der Waals surface area contributed by atoms with Crippen LogP contribution in [0.2, 0.25) is 0 Å². The molecule has 1 aromatic heterocycles. The molecule has 4 bridgehead atoms. The van der Waals surface area contributed by atoms with E-state index in [1.165, 1.54) is 32.1 Å². The minimum absolute atomic E-state index is 0.00545. The number of esters is 1. The summed E-state index contributed by atoms with van der Waals surface area (Å²) < 4.78 is 7.80. The normalized spacial score (nSPS) is 38.2. The summed E-state index contributed by atoms with van der Waals surface area (Å²) in [4.78, 5) is 19.4. The van der Waals surface area contributed by atoms with Gasteiger partial charge in [0.05, 0.1) is 18.6 Å². The Morgan fingerprint density at radius 3 is 2.56 bits per heavy atom. The van der Waals surface area contributed by atoms with E-state index >= 15 is 0 Å². The number of aromatic nitrogens is 3. The third kappa shape index (κ3) is 3.53. The Morgan fingerprint density at radius 1 is 1.19 bits per heavy atom. The van der Waals surface area contributed by atoms with Crippen molar-refractivity contribution in [2.75, 3.05) is 25.0 Å². The van der Waals surface area contributed by atoms with E-state index in [1.54, 1.807) is 6.33 Å². The van der Waals surface area contributed by atoms with Crippen molar-refractivity contribution in [2.24, 2.45) is 29.6 Å². The number of likely N-dealkylation sites (tertiary alicyclic amines) is 1. The zero-order valence-electron chi connectivity index (χ0n) is 18.9. The van der Waals surface area contributed by atoms with E-state index in [9.17, 15) is 4.79 Å². The van der Waals surface area contributed by atoms with Gasteiger partial charge < -0.3 is 15.0 Å². The molecular formula is C24H35N5O2S. The predicted octanol–water partition coefficient (Wildman–Crippen LogP) is 3.88. The number of nitrogens with one attached hydrogen (secondary N) is 1. The van der Waals surface area contributed by atoms with Crippen LogP contribution in [0.5, 0.6) is 0 Å². The number of ether oxygens (including phenoxy) is 1. The van der Waals surface area contributed by atoms with Crippen LogP contribution in [0.25, 0.3) is 0 Å².